The molecule has 0 saturated heterocycles. The van der Waals surface area contributed by atoms with Gasteiger partial charge in [-0.05, 0) is 29.5 Å². The molecule has 0 aliphatic carbocycles. The lowest BCUT2D eigenvalue weighted by atomic mass is 9.82. The fourth-order valence-corrected chi connectivity index (χ4v) is 2.41. The van der Waals surface area contributed by atoms with Gasteiger partial charge in [-0.1, -0.05) is 32.9 Å². The SMILES string of the molecule is CCC(C)(C)c1cccc(OS(=O)(=O)CC(F)(F)F)c1. The van der Waals surface area contributed by atoms with Crippen molar-refractivity contribution >= 4 is 10.1 Å². The minimum absolute atomic E-state index is 0.103. The van der Waals surface area contributed by atoms with Crippen LogP contribution in [0.3, 0.4) is 0 Å². The van der Waals surface area contributed by atoms with Gasteiger partial charge in [0.1, 0.15) is 5.75 Å². The Hall–Kier alpha value is -1.24. The molecule has 0 aromatic heterocycles. The number of halogens is 3. The van der Waals surface area contributed by atoms with E-state index in [9.17, 15) is 21.6 Å². The Kier molecular flexibility index (Phi) is 4.74. The molecule has 3 nitrogen and oxygen atoms in total. The summed E-state index contributed by atoms with van der Waals surface area (Å²) in [7, 11) is -4.69. The van der Waals surface area contributed by atoms with Crippen LogP contribution in [0.5, 0.6) is 5.75 Å². The zero-order valence-corrected chi connectivity index (χ0v) is 12.3. The van der Waals surface area contributed by atoms with E-state index in [-0.39, 0.29) is 11.2 Å². The molecular weight excluding hydrogens is 293 g/mol. The highest BCUT2D eigenvalue weighted by molar-refractivity contribution is 7.87. The van der Waals surface area contributed by atoms with Crippen molar-refractivity contribution in [1.82, 2.24) is 0 Å². The third-order valence-corrected chi connectivity index (χ3v) is 4.19. The van der Waals surface area contributed by atoms with Crippen molar-refractivity contribution in [3.05, 3.63) is 29.8 Å². The first-order valence-electron chi connectivity index (χ1n) is 6.05. The molecule has 0 amide bonds. The Morgan fingerprint density at radius 2 is 1.80 bits per heavy atom. The molecule has 114 valence electrons. The minimum atomic E-state index is -4.82. The summed E-state index contributed by atoms with van der Waals surface area (Å²) >= 11 is 0. The molecule has 0 N–H and O–H groups in total. The summed E-state index contributed by atoms with van der Waals surface area (Å²) in [6, 6.07) is 6.12. The van der Waals surface area contributed by atoms with E-state index in [1.54, 1.807) is 12.1 Å². The fourth-order valence-electron chi connectivity index (χ4n) is 1.55. The van der Waals surface area contributed by atoms with Crippen LogP contribution in [0.15, 0.2) is 24.3 Å². The summed E-state index contributed by atoms with van der Waals surface area (Å²) in [5.41, 5.74) is 0.590. The van der Waals surface area contributed by atoms with E-state index < -0.39 is 22.0 Å². The third kappa shape index (κ3) is 5.03. The second-order valence-corrected chi connectivity index (χ2v) is 6.74. The van der Waals surface area contributed by atoms with Crippen molar-refractivity contribution in [3.8, 4) is 5.75 Å². The van der Waals surface area contributed by atoms with Crippen molar-refractivity contribution in [2.24, 2.45) is 0 Å². The van der Waals surface area contributed by atoms with Crippen LogP contribution in [0.4, 0.5) is 13.2 Å². The van der Waals surface area contributed by atoms with Crippen molar-refractivity contribution in [2.45, 2.75) is 38.8 Å². The van der Waals surface area contributed by atoms with E-state index >= 15 is 0 Å². The molecule has 1 aromatic carbocycles. The van der Waals surface area contributed by atoms with Gasteiger partial charge in [0.25, 0.3) is 0 Å². The highest BCUT2D eigenvalue weighted by Crippen LogP contribution is 2.30. The average Bonchev–Trinajstić information content (AvgIpc) is 2.25. The fraction of sp³-hybridized carbons (Fsp3) is 0.538. The Balaban J connectivity index is 2.98. The maximum atomic E-state index is 12.1. The van der Waals surface area contributed by atoms with E-state index in [1.165, 1.54) is 12.1 Å². The third-order valence-electron chi connectivity index (χ3n) is 3.06. The predicted octanol–water partition coefficient (Wildman–Crippen LogP) is 3.65. The average molecular weight is 310 g/mol. The topological polar surface area (TPSA) is 43.4 Å². The zero-order chi connectivity index (χ0) is 15.6. The molecular formula is C13H17F3O3S. The number of hydrogen-bond donors (Lipinski definition) is 0. The van der Waals surface area contributed by atoms with E-state index in [4.69, 9.17) is 0 Å². The van der Waals surface area contributed by atoms with E-state index in [0.717, 1.165) is 12.0 Å². The van der Waals surface area contributed by atoms with Gasteiger partial charge in [-0.3, -0.25) is 0 Å². The molecule has 0 fully saturated rings. The molecule has 0 heterocycles. The summed E-state index contributed by atoms with van der Waals surface area (Å²) in [5.74, 6) is -2.10. The lowest BCUT2D eigenvalue weighted by Crippen LogP contribution is -2.26. The Morgan fingerprint density at radius 1 is 1.20 bits per heavy atom. The van der Waals surface area contributed by atoms with Gasteiger partial charge in [0.2, 0.25) is 0 Å². The van der Waals surface area contributed by atoms with Crippen LogP contribution in [0.25, 0.3) is 0 Å². The molecule has 0 radical (unpaired) electrons. The molecule has 7 heteroatoms. The van der Waals surface area contributed by atoms with Gasteiger partial charge in [-0.15, -0.1) is 0 Å². The Bertz CT molecular complexity index is 562. The largest absolute Gasteiger partial charge is 0.406 e. The van der Waals surface area contributed by atoms with Gasteiger partial charge >= 0.3 is 16.3 Å². The summed E-state index contributed by atoms with van der Waals surface area (Å²) in [6.45, 7) is 5.88. The molecule has 0 aliphatic rings. The molecule has 0 bridgehead atoms. The lowest BCUT2D eigenvalue weighted by molar-refractivity contribution is -0.107. The van der Waals surface area contributed by atoms with Gasteiger partial charge in [-0.2, -0.15) is 21.6 Å². The first-order chi connectivity index (χ1) is 8.95. The van der Waals surface area contributed by atoms with Gasteiger partial charge in [0.05, 0.1) is 0 Å². The number of benzene rings is 1. The molecule has 1 rings (SSSR count). The molecule has 0 saturated carbocycles. The monoisotopic (exact) mass is 310 g/mol. The van der Waals surface area contributed by atoms with Gasteiger partial charge in [-0.25, -0.2) is 0 Å². The summed E-state index contributed by atoms with van der Waals surface area (Å²) in [4.78, 5) is 0. The maximum absolute atomic E-state index is 12.1. The predicted molar refractivity (Wildman–Crippen MR) is 70.2 cm³/mol. The minimum Gasteiger partial charge on any atom is -0.382 e. The van der Waals surface area contributed by atoms with E-state index in [0.29, 0.717) is 0 Å². The standard InChI is InChI=1S/C13H17F3O3S/c1-4-12(2,3)10-6-5-7-11(8-10)19-20(17,18)9-13(14,15)16/h5-8H,4,9H2,1-3H3. The smallest absolute Gasteiger partial charge is 0.382 e. The van der Waals surface area contributed by atoms with E-state index in [1.807, 2.05) is 20.8 Å². The van der Waals surface area contributed by atoms with Crippen molar-refractivity contribution in [3.63, 3.8) is 0 Å². The second kappa shape index (κ2) is 5.63. The molecule has 1 aromatic rings. The van der Waals surface area contributed by atoms with Crippen LogP contribution in [-0.2, 0) is 15.5 Å². The first-order valence-corrected chi connectivity index (χ1v) is 7.62. The molecule has 0 aliphatic heterocycles. The summed E-state index contributed by atoms with van der Waals surface area (Å²) in [6.07, 6.45) is -4.02. The Morgan fingerprint density at radius 3 is 2.30 bits per heavy atom. The quantitative estimate of drug-likeness (QED) is 0.780. The van der Waals surface area contributed by atoms with Gasteiger partial charge in [0, 0.05) is 0 Å². The summed E-state index contributed by atoms with van der Waals surface area (Å²) < 4.78 is 63.5. The Labute approximate surface area is 116 Å². The van der Waals surface area contributed by atoms with Crippen molar-refractivity contribution in [2.75, 3.05) is 5.75 Å². The highest BCUT2D eigenvalue weighted by atomic mass is 32.2. The van der Waals surface area contributed by atoms with E-state index in [2.05, 4.69) is 4.18 Å². The number of alkyl halides is 3. The van der Waals surface area contributed by atoms with Crippen molar-refractivity contribution < 1.29 is 25.8 Å². The van der Waals surface area contributed by atoms with Crippen molar-refractivity contribution in [1.29, 1.82) is 0 Å². The van der Waals surface area contributed by atoms with Crippen LogP contribution < -0.4 is 4.18 Å². The molecule has 0 atom stereocenters. The van der Waals surface area contributed by atoms with Gasteiger partial charge < -0.3 is 4.18 Å². The summed E-state index contributed by atoms with van der Waals surface area (Å²) in [5, 5.41) is 0. The molecule has 20 heavy (non-hydrogen) atoms. The molecule has 0 spiro atoms. The maximum Gasteiger partial charge on any atom is 0.406 e. The molecule has 0 unspecified atom stereocenters. The second-order valence-electron chi connectivity index (χ2n) is 5.17. The zero-order valence-electron chi connectivity index (χ0n) is 11.5. The van der Waals surface area contributed by atoms with Crippen LogP contribution in [0.2, 0.25) is 0 Å². The van der Waals surface area contributed by atoms with Crippen LogP contribution >= 0.6 is 0 Å². The normalized spacial score (nSPS) is 13.3. The van der Waals surface area contributed by atoms with Crippen LogP contribution in [0, 0.1) is 0 Å². The van der Waals surface area contributed by atoms with Gasteiger partial charge in [0.15, 0.2) is 5.75 Å². The van der Waals surface area contributed by atoms with Crippen LogP contribution in [-0.4, -0.2) is 20.3 Å². The number of rotatable bonds is 5. The number of hydrogen-bond acceptors (Lipinski definition) is 3. The lowest BCUT2D eigenvalue weighted by Gasteiger charge is -2.23. The van der Waals surface area contributed by atoms with Crippen LogP contribution in [0.1, 0.15) is 32.8 Å². The highest BCUT2D eigenvalue weighted by Gasteiger charge is 2.36. The first kappa shape index (κ1) is 16.8.